The van der Waals surface area contributed by atoms with E-state index >= 15 is 0 Å². The Labute approximate surface area is 119 Å². The number of carboxylic acid groups (broad SMARTS) is 1. The predicted octanol–water partition coefficient (Wildman–Crippen LogP) is 3.28. The molecule has 0 radical (unpaired) electrons. The third kappa shape index (κ3) is 3.48. The Bertz CT molecular complexity index is 600. The molecule has 0 fully saturated rings. The first kappa shape index (κ1) is 13.9. The zero-order valence-electron chi connectivity index (χ0n) is 10.1. The van der Waals surface area contributed by atoms with Crippen LogP contribution in [-0.4, -0.2) is 21.2 Å². The Kier molecular flexibility index (Phi) is 4.44. The zero-order valence-corrected chi connectivity index (χ0v) is 11.7. The topological polar surface area (TPSA) is 76.2 Å². The van der Waals surface area contributed by atoms with Gasteiger partial charge in [0.25, 0.3) is 0 Å². The Morgan fingerprint density at radius 1 is 1.53 bits per heavy atom. The Balaban J connectivity index is 2.07. The SMILES string of the molecule is CCc1noc(CSc2ccc(Cl)c(C(=O)O)c2)n1. The largest absolute Gasteiger partial charge is 0.478 e. The molecule has 2 aromatic rings. The van der Waals surface area contributed by atoms with Crippen LogP contribution < -0.4 is 0 Å². The highest BCUT2D eigenvalue weighted by molar-refractivity contribution is 7.98. The maximum Gasteiger partial charge on any atom is 0.337 e. The lowest BCUT2D eigenvalue weighted by Gasteiger charge is -2.02. The van der Waals surface area contributed by atoms with Gasteiger partial charge in [-0.05, 0) is 18.2 Å². The van der Waals surface area contributed by atoms with E-state index in [0.717, 1.165) is 11.3 Å². The van der Waals surface area contributed by atoms with Gasteiger partial charge in [-0.2, -0.15) is 4.98 Å². The van der Waals surface area contributed by atoms with Gasteiger partial charge in [-0.25, -0.2) is 4.79 Å². The van der Waals surface area contributed by atoms with Crippen molar-refractivity contribution in [2.45, 2.75) is 24.0 Å². The highest BCUT2D eigenvalue weighted by Crippen LogP contribution is 2.26. The van der Waals surface area contributed by atoms with E-state index in [9.17, 15) is 4.79 Å². The Morgan fingerprint density at radius 2 is 2.32 bits per heavy atom. The summed E-state index contributed by atoms with van der Waals surface area (Å²) in [5.74, 6) is 0.637. The van der Waals surface area contributed by atoms with Crippen LogP contribution in [-0.2, 0) is 12.2 Å². The van der Waals surface area contributed by atoms with Gasteiger partial charge < -0.3 is 9.63 Å². The van der Waals surface area contributed by atoms with Crippen LogP contribution in [0.3, 0.4) is 0 Å². The fourth-order valence-corrected chi connectivity index (χ4v) is 2.37. The molecule has 1 N–H and O–H groups in total. The number of aromatic nitrogens is 2. The van der Waals surface area contributed by atoms with Crippen molar-refractivity contribution in [1.29, 1.82) is 0 Å². The van der Waals surface area contributed by atoms with Gasteiger partial charge in [-0.15, -0.1) is 11.8 Å². The molecule has 0 bridgehead atoms. The van der Waals surface area contributed by atoms with E-state index < -0.39 is 5.97 Å². The van der Waals surface area contributed by atoms with Gasteiger partial charge in [0.1, 0.15) is 0 Å². The number of nitrogens with zero attached hydrogens (tertiary/aromatic N) is 2. The summed E-state index contributed by atoms with van der Waals surface area (Å²) < 4.78 is 5.05. The Hall–Kier alpha value is -1.53. The highest BCUT2D eigenvalue weighted by Gasteiger charge is 2.11. The summed E-state index contributed by atoms with van der Waals surface area (Å²) in [4.78, 5) is 15.9. The summed E-state index contributed by atoms with van der Waals surface area (Å²) >= 11 is 7.22. The van der Waals surface area contributed by atoms with Gasteiger partial charge in [0.2, 0.25) is 5.89 Å². The standard InChI is InChI=1S/C12H11ClN2O3S/c1-2-10-14-11(18-15-10)6-19-7-3-4-9(13)8(5-7)12(16)17/h3-5H,2,6H2,1H3,(H,16,17). The van der Waals surface area contributed by atoms with E-state index in [1.165, 1.54) is 17.8 Å². The monoisotopic (exact) mass is 298 g/mol. The summed E-state index contributed by atoms with van der Waals surface area (Å²) in [6.07, 6.45) is 0.721. The molecule has 0 saturated heterocycles. The molecule has 7 heteroatoms. The predicted molar refractivity (Wildman–Crippen MR) is 71.6 cm³/mol. The number of carbonyl (C=O) groups is 1. The van der Waals surface area contributed by atoms with Crippen molar-refractivity contribution >= 4 is 29.3 Å². The van der Waals surface area contributed by atoms with Gasteiger partial charge >= 0.3 is 5.97 Å². The van der Waals surface area contributed by atoms with Crippen molar-refractivity contribution in [3.05, 3.63) is 40.5 Å². The van der Waals surface area contributed by atoms with E-state index in [2.05, 4.69) is 10.1 Å². The molecule has 0 amide bonds. The number of carboxylic acids is 1. The van der Waals surface area contributed by atoms with Crippen LogP contribution in [0.4, 0.5) is 0 Å². The van der Waals surface area contributed by atoms with Crippen LogP contribution in [0.1, 0.15) is 29.0 Å². The number of thioether (sulfide) groups is 1. The Morgan fingerprint density at radius 3 is 2.95 bits per heavy atom. The zero-order chi connectivity index (χ0) is 13.8. The van der Waals surface area contributed by atoms with E-state index in [-0.39, 0.29) is 10.6 Å². The smallest absolute Gasteiger partial charge is 0.337 e. The van der Waals surface area contributed by atoms with Crippen LogP contribution in [0.25, 0.3) is 0 Å². The summed E-state index contributed by atoms with van der Waals surface area (Å²) in [6.45, 7) is 1.94. The molecule has 1 aromatic carbocycles. The summed E-state index contributed by atoms with van der Waals surface area (Å²) in [5, 5.41) is 13.0. The fraction of sp³-hybridized carbons (Fsp3) is 0.250. The third-order valence-electron chi connectivity index (χ3n) is 2.36. The molecule has 19 heavy (non-hydrogen) atoms. The summed E-state index contributed by atoms with van der Waals surface area (Å²) in [6, 6.07) is 4.86. The van der Waals surface area contributed by atoms with E-state index in [0.29, 0.717) is 17.5 Å². The lowest BCUT2D eigenvalue weighted by Crippen LogP contribution is -1.97. The van der Waals surface area contributed by atoms with Crippen LogP contribution in [0.5, 0.6) is 0 Å². The minimum absolute atomic E-state index is 0.0893. The molecule has 1 aromatic heterocycles. The molecule has 2 rings (SSSR count). The second-order valence-electron chi connectivity index (χ2n) is 3.69. The molecular formula is C12H11ClN2O3S. The van der Waals surface area contributed by atoms with Crippen molar-refractivity contribution in [1.82, 2.24) is 10.1 Å². The number of hydrogen-bond acceptors (Lipinski definition) is 5. The highest BCUT2D eigenvalue weighted by atomic mass is 35.5. The lowest BCUT2D eigenvalue weighted by molar-refractivity contribution is 0.0697. The minimum atomic E-state index is -1.04. The van der Waals surface area contributed by atoms with Crippen molar-refractivity contribution in [3.8, 4) is 0 Å². The quantitative estimate of drug-likeness (QED) is 0.854. The maximum atomic E-state index is 11.0. The van der Waals surface area contributed by atoms with Crippen molar-refractivity contribution in [3.63, 3.8) is 0 Å². The molecule has 0 aliphatic carbocycles. The van der Waals surface area contributed by atoms with Crippen LogP contribution >= 0.6 is 23.4 Å². The van der Waals surface area contributed by atoms with E-state index in [1.807, 2.05) is 6.92 Å². The third-order valence-corrected chi connectivity index (χ3v) is 3.67. The molecule has 0 spiro atoms. The second-order valence-corrected chi connectivity index (χ2v) is 5.15. The van der Waals surface area contributed by atoms with Gasteiger partial charge in [0, 0.05) is 11.3 Å². The number of aryl methyl sites for hydroxylation is 1. The van der Waals surface area contributed by atoms with E-state index in [4.69, 9.17) is 21.2 Å². The molecule has 1 heterocycles. The van der Waals surface area contributed by atoms with Gasteiger partial charge in [-0.1, -0.05) is 23.7 Å². The normalized spacial score (nSPS) is 10.6. The summed E-state index contributed by atoms with van der Waals surface area (Å²) in [5.41, 5.74) is 0.0893. The van der Waals surface area contributed by atoms with Crippen molar-refractivity contribution in [2.24, 2.45) is 0 Å². The number of rotatable bonds is 5. The average molecular weight is 299 g/mol. The molecule has 0 aliphatic rings. The average Bonchev–Trinajstić information content (AvgIpc) is 2.85. The first-order valence-electron chi connectivity index (χ1n) is 5.57. The van der Waals surface area contributed by atoms with Crippen LogP contribution in [0.2, 0.25) is 5.02 Å². The lowest BCUT2D eigenvalue weighted by atomic mass is 10.2. The number of aromatic carboxylic acids is 1. The van der Waals surface area contributed by atoms with E-state index in [1.54, 1.807) is 12.1 Å². The first-order chi connectivity index (χ1) is 9.10. The maximum absolute atomic E-state index is 11.0. The molecular weight excluding hydrogens is 288 g/mol. The molecule has 0 saturated carbocycles. The van der Waals surface area contributed by atoms with Crippen LogP contribution in [0.15, 0.2) is 27.6 Å². The molecule has 100 valence electrons. The first-order valence-corrected chi connectivity index (χ1v) is 6.93. The number of hydrogen-bond donors (Lipinski definition) is 1. The number of benzene rings is 1. The van der Waals surface area contributed by atoms with Gasteiger partial charge in [0.05, 0.1) is 16.3 Å². The van der Waals surface area contributed by atoms with Crippen molar-refractivity contribution in [2.75, 3.05) is 0 Å². The fourth-order valence-electron chi connectivity index (χ4n) is 1.40. The molecule has 0 aliphatic heterocycles. The van der Waals surface area contributed by atoms with Gasteiger partial charge in [-0.3, -0.25) is 0 Å². The molecule has 0 atom stereocenters. The summed E-state index contributed by atoms with van der Waals surface area (Å²) in [7, 11) is 0. The van der Waals surface area contributed by atoms with Gasteiger partial charge in [0.15, 0.2) is 5.82 Å². The van der Waals surface area contributed by atoms with Crippen LogP contribution in [0, 0.1) is 0 Å². The molecule has 5 nitrogen and oxygen atoms in total. The molecule has 0 unspecified atom stereocenters. The second kappa shape index (κ2) is 6.08. The number of halogens is 1. The van der Waals surface area contributed by atoms with Crippen molar-refractivity contribution < 1.29 is 14.4 Å². The minimum Gasteiger partial charge on any atom is -0.478 e.